The first-order valence-electron chi connectivity index (χ1n) is 4.60. The van der Waals surface area contributed by atoms with Crippen molar-refractivity contribution in [3.63, 3.8) is 0 Å². The second kappa shape index (κ2) is 2.74. The molecule has 1 aliphatic heterocycles. The second-order valence-corrected chi connectivity index (χ2v) is 4.26. The maximum Gasteiger partial charge on any atom is 0.125 e. The molecule has 0 radical (unpaired) electrons. The third-order valence-electron chi connectivity index (χ3n) is 2.90. The van der Waals surface area contributed by atoms with E-state index in [2.05, 4.69) is 11.8 Å². The predicted molar refractivity (Wildman–Crippen MR) is 43.2 cm³/mol. The molecule has 0 spiro atoms. The van der Waals surface area contributed by atoms with E-state index in [0.717, 1.165) is 18.4 Å². The molecule has 1 heterocycles. The molecule has 0 aromatic carbocycles. The Balaban J connectivity index is 1.61. The first-order chi connectivity index (χ1) is 5.24. The maximum atomic E-state index is 12.4. The molecule has 0 aromatic heterocycles. The van der Waals surface area contributed by atoms with Crippen molar-refractivity contribution in [1.29, 1.82) is 0 Å². The van der Waals surface area contributed by atoms with Crippen LogP contribution in [0.25, 0.3) is 0 Å². The largest absolute Gasteiger partial charge is 0.297 e. The third-order valence-corrected chi connectivity index (χ3v) is 2.90. The van der Waals surface area contributed by atoms with E-state index >= 15 is 0 Å². The fourth-order valence-corrected chi connectivity index (χ4v) is 2.24. The predicted octanol–water partition coefficient (Wildman–Crippen LogP) is 1.69. The van der Waals surface area contributed by atoms with Crippen molar-refractivity contribution in [1.82, 2.24) is 4.90 Å². The van der Waals surface area contributed by atoms with Gasteiger partial charge in [0, 0.05) is 19.6 Å². The lowest BCUT2D eigenvalue weighted by atomic mass is 9.75. The van der Waals surface area contributed by atoms with Gasteiger partial charge in [-0.05, 0) is 24.7 Å². The molecule has 2 fully saturated rings. The average Bonchev–Trinajstić information content (AvgIpc) is 1.81. The summed E-state index contributed by atoms with van der Waals surface area (Å²) >= 11 is 0. The molecule has 0 N–H and O–H groups in total. The summed E-state index contributed by atoms with van der Waals surface area (Å²) in [6, 6.07) is 0. The summed E-state index contributed by atoms with van der Waals surface area (Å²) in [4.78, 5) is 2.24. The molecule has 0 unspecified atom stereocenters. The van der Waals surface area contributed by atoms with Crippen LogP contribution in [0.2, 0.25) is 0 Å². The smallest absolute Gasteiger partial charge is 0.125 e. The highest BCUT2D eigenvalue weighted by Gasteiger charge is 2.32. The van der Waals surface area contributed by atoms with Crippen LogP contribution in [0.15, 0.2) is 0 Å². The van der Waals surface area contributed by atoms with E-state index in [0.29, 0.717) is 13.1 Å². The Bertz CT molecular complexity index is 120. The second-order valence-electron chi connectivity index (χ2n) is 4.26. The number of likely N-dealkylation sites (tertiary alicyclic amines) is 1. The van der Waals surface area contributed by atoms with Gasteiger partial charge in [0.25, 0.3) is 0 Å². The Morgan fingerprint density at radius 2 is 2.00 bits per heavy atom. The first kappa shape index (κ1) is 7.53. The Labute approximate surface area is 67.6 Å². The SMILES string of the molecule is CC1CC(CN2CC(F)C2)C1. The van der Waals surface area contributed by atoms with Gasteiger partial charge in [0.15, 0.2) is 0 Å². The fourth-order valence-electron chi connectivity index (χ4n) is 2.24. The molecule has 1 aliphatic carbocycles. The molecule has 2 heteroatoms. The van der Waals surface area contributed by atoms with Gasteiger partial charge in [0.05, 0.1) is 0 Å². The van der Waals surface area contributed by atoms with Crippen LogP contribution in [-0.2, 0) is 0 Å². The molecule has 0 aromatic rings. The van der Waals surface area contributed by atoms with Crippen molar-refractivity contribution in [2.45, 2.75) is 25.9 Å². The molecule has 2 rings (SSSR count). The standard InChI is InChI=1S/C9H16FN/c1-7-2-8(3-7)4-11-5-9(10)6-11/h7-9H,2-6H2,1H3. The van der Waals surface area contributed by atoms with Gasteiger partial charge < -0.3 is 0 Å². The number of halogens is 1. The quantitative estimate of drug-likeness (QED) is 0.589. The van der Waals surface area contributed by atoms with Crippen LogP contribution in [0, 0.1) is 11.8 Å². The lowest BCUT2D eigenvalue weighted by Gasteiger charge is -2.41. The number of nitrogens with zero attached hydrogens (tertiary/aromatic N) is 1. The van der Waals surface area contributed by atoms with Crippen LogP contribution in [0.4, 0.5) is 4.39 Å². The number of alkyl halides is 1. The highest BCUT2D eigenvalue weighted by atomic mass is 19.1. The molecule has 1 nitrogen and oxygen atoms in total. The van der Waals surface area contributed by atoms with Crippen LogP contribution in [0.1, 0.15) is 19.8 Å². The van der Waals surface area contributed by atoms with E-state index in [1.807, 2.05) is 0 Å². The highest BCUT2D eigenvalue weighted by Crippen LogP contribution is 2.34. The fraction of sp³-hybridized carbons (Fsp3) is 1.00. The zero-order valence-corrected chi connectivity index (χ0v) is 7.09. The van der Waals surface area contributed by atoms with Gasteiger partial charge in [-0.3, -0.25) is 4.90 Å². The lowest BCUT2D eigenvalue weighted by Crippen LogP contribution is -2.51. The molecule has 1 saturated carbocycles. The van der Waals surface area contributed by atoms with Crippen molar-refractivity contribution in [3.05, 3.63) is 0 Å². The minimum Gasteiger partial charge on any atom is -0.297 e. The van der Waals surface area contributed by atoms with Crippen molar-refractivity contribution in [2.75, 3.05) is 19.6 Å². The Kier molecular flexibility index (Phi) is 1.88. The van der Waals surface area contributed by atoms with Crippen molar-refractivity contribution >= 4 is 0 Å². The summed E-state index contributed by atoms with van der Waals surface area (Å²) in [7, 11) is 0. The summed E-state index contributed by atoms with van der Waals surface area (Å²) in [5.74, 6) is 1.82. The number of hydrogen-bond donors (Lipinski definition) is 0. The summed E-state index contributed by atoms with van der Waals surface area (Å²) in [6.07, 6.45) is 2.22. The van der Waals surface area contributed by atoms with Crippen molar-refractivity contribution < 1.29 is 4.39 Å². The van der Waals surface area contributed by atoms with E-state index in [1.54, 1.807) is 0 Å². The summed E-state index contributed by atoms with van der Waals surface area (Å²) in [5, 5.41) is 0. The molecule has 0 bridgehead atoms. The molecule has 0 amide bonds. The van der Waals surface area contributed by atoms with Crippen molar-refractivity contribution in [3.8, 4) is 0 Å². The van der Waals surface area contributed by atoms with Crippen LogP contribution < -0.4 is 0 Å². The molecular formula is C9H16FN. The van der Waals surface area contributed by atoms with Crippen molar-refractivity contribution in [2.24, 2.45) is 11.8 Å². The van der Waals surface area contributed by atoms with Crippen LogP contribution in [0.5, 0.6) is 0 Å². The average molecular weight is 157 g/mol. The lowest BCUT2D eigenvalue weighted by molar-refractivity contribution is 0.0284. The van der Waals surface area contributed by atoms with E-state index in [4.69, 9.17) is 0 Å². The van der Waals surface area contributed by atoms with Crippen LogP contribution >= 0.6 is 0 Å². The van der Waals surface area contributed by atoms with Crippen LogP contribution in [0.3, 0.4) is 0 Å². The Morgan fingerprint density at radius 1 is 1.36 bits per heavy atom. The molecule has 0 atom stereocenters. The van der Waals surface area contributed by atoms with Gasteiger partial charge in [-0.1, -0.05) is 6.92 Å². The van der Waals surface area contributed by atoms with Gasteiger partial charge in [-0.15, -0.1) is 0 Å². The normalized spacial score (nSPS) is 39.8. The van der Waals surface area contributed by atoms with E-state index in [9.17, 15) is 4.39 Å². The van der Waals surface area contributed by atoms with E-state index in [1.165, 1.54) is 12.8 Å². The molecule has 1 saturated heterocycles. The summed E-state index contributed by atoms with van der Waals surface area (Å²) < 4.78 is 12.4. The molecular weight excluding hydrogens is 141 g/mol. The Morgan fingerprint density at radius 3 is 2.45 bits per heavy atom. The molecule has 2 aliphatic rings. The highest BCUT2D eigenvalue weighted by molar-refractivity contribution is 4.85. The summed E-state index contributed by atoms with van der Waals surface area (Å²) in [6.45, 7) is 4.85. The van der Waals surface area contributed by atoms with Gasteiger partial charge in [-0.25, -0.2) is 4.39 Å². The summed E-state index contributed by atoms with van der Waals surface area (Å²) in [5.41, 5.74) is 0. The van der Waals surface area contributed by atoms with Crippen LogP contribution in [-0.4, -0.2) is 30.7 Å². The zero-order chi connectivity index (χ0) is 7.84. The van der Waals surface area contributed by atoms with E-state index < -0.39 is 6.17 Å². The topological polar surface area (TPSA) is 3.24 Å². The van der Waals surface area contributed by atoms with Gasteiger partial charge in [0.2, 0.25) is 0 Å². The monoisotopic (exact) mass is 157 g/mol. The minimum absolute atomic E-state index is 0.521. The Hall–Kier alpha value is -0.110. The number of hydrogen-bond acceptors (Lipinski definition) is 1. The van der Waals surface area contributed by atoms with Gasteiger partial charge in [0.1, 0.15) is 6.17 Å². The minimum atomic E-state index is -0.521. The first-order valence-corrected chi connectivity index (χ1v) is 4.60. The zero-order valence-electron chi connectivity index (χ0n) is 7.09. The molecule has 11 heavy (non-hydrogen) atoms. The maximum absolute atomic E-state index is 12.4. The third kappa shape index (κ3) is 1.56. The molecule has 64 valence electrons. The van der Waals surface area contributed by atoms with E-state index in [-0.39, 0.29) is 0 Å². The number of rotatable bonds is 2. The van der Waals surface area contributed by atoms with Gasteiger partial charge in [-0.2, -0.15) is 0 Å². The van der Waals surface area contributed by atoms with Gasteiger partial charge >= 0.3 is 0 Å².